The van der Waals surface area contributed by atoms with Crippen molar-refractivity contribution < 1.29 is 18.1 Å². The van der Waals surface area contributed by atoms with Crippen molar-refractivity contribution in [3.05, 3.63) is 39.9 Å². The molecule has 0 aromatic heterocycles. The number of piperazine rings is 1. The van der Waals surface area contributed by atoms with Gasteiger partial charge in [-0.05, 0) is 6.92 Å². The zero-order valence-corrected chi connectivity index (χ0v) is 14.6. The predicted molar refractivity (Wildman–Crippen MR) is 90.2 cm³/mol. The zero-order chi connectivity index (χ0) is 17.6. The number of benzene rings is 1. The van der Waals surface area contributed by atoms with Crippen LogP contribution in [0.2, 0.25) is 0 Å². The number of hydrogen-bond acceptors (Lipinski definition) is 6. The van der Waals surface area contributed by atoms with Crippen LogP contribution in [0.5, 0.6) is 0 Å². The molecule has 0 spiro atoms. The highest BCUT2D eigenvalue weighted by molar-refractivity contribution is 7.88. The molecule has 134 valence electrons. The molecule has 1 saturated heterocycles. The topological polar surface area (TPSA) is 93.0 Å². The molecule has 0 amide bonds. The Labute approximate surface area is 142 Å². The number of para-hydroxylation sites is 1. The number of sulfonamides is 1. The van der Waals surface area contributed by atoms with E-state index in [9.17, 15) is 18.5 Å². The van der Waals surface area contributed by atoms with E-state index in [4.69, 9.17) is 4.74 Å². The van der Waals surface area contributed by atoms with Gasteiger partial charge in [0.2, 0.25) is 10.0 Å². The number of rotatable bonds is 8. The second-order valence-electron chi connectivity index (χ2n) is 5.58. The summed E-state index contributed by atoms with van der Waals surface area (Å²) in [6.07, 6.45) is 0. The van der Waals surface area contributed by atoms with Crippen LogP contribution in [-0.4, -0.2) is 68.5 Å². The van der Waals surface area contributed by atoms with E-state index in [0.717, 1.165) is 6.54 Å². The van der Waals surface area contributed by atoms with E-state index in [1.54, 1.807) is 6.07 Å². The largest absolute Gasteiger partial charge is 0.380 e. The first kappa shape index (κ1) is 18.8. The van der Waals surface area contributed by atoms with E-state index in [1.165, 1.54) is 22.5 Å². The highest BCUT2D eigenvalue weighted by Crippen LogP contribution is 2.22. The fourth-order valence-corrected chi connectivity index (χ4v) is 4.21. The Balaban J connectivity index is 1.96. The van der Waals surface area contributed by atoms with Gasteiger partial charge >= 0.3 is 0 Å². The smallest absolute Gasteiger partial charge is 0.273 e. The van der Waals surface area contributed by atoms with Crippen molar-refractivity contribution in [1.29, 1.82) is 0 Å². The van der Waals surface area contributed by atoms with E-state index in [0.29, 0.717) is 39.4 Å². The first-order valence-electron chi connectivity index (χ1n) is 7.94. The SMILES string of the molecule is CCOCCN1CCN(S(=O)(=O)Cc2ccccc2[N+](=O)[O-])CC1. The quantitative estimate of drug-likeness (QED) is 0.393. The van der Waals surface area contributed by atoms with E-state index >= 15 is 0 Å². The molecule has 1 aromatic carbocycles. The highest BCUT2D eigenvalue weighted by atomic mass is 32.2. The van der Waals surface area contributed by atoms with E-state index in [-0.39, 0.29) is 17.0 Å². The molecule has 1 aliphatic rings. The molecule has 2 rings (SSSR count). The van der Waals surface area contributed by atoms with Gasteiger partial charge in [0.25, 0.3) is 5.69 Å². The molecule has 0 saturated carbocycles. The minimum atomic E-state index is -3.57. The lowest BCUT2D eigenvalue weighted by molar-refractivity contribution is -0.385. The van der Waals surface area contributed by atoms with Gasteiger partial charge in [-0.25, -0.2) is 8.42 Å². The van der Waals surface area contributed by atoms with Crippen LogP contribution in [0, 0.1) is 10.1 Å². The van der Waals surface area contributed by atoms with E-state index in [2.05, 4.69) is 4.90 Å². The third kappa shape index (κ3) is 4.97. The molecule has 1 fully saturated rings. The number of nitro groups is 1. The summed E-state index contributed by atoms with van der Waals surface area (Å²) in [5, 5.41) is 11.0. The normalized spacial score (nSPS) is 17.0. The standard InChI is InChI=1S/C15H23N3O5S/c1-2-23-12-11-16-7-9-17(10-8-16)24(21,22)13-14-5-3-4-6-15(14)18(19)20/h3-6H,2,7-13H2,1H3. The average Bonchev–Trinajstić information content (AvgIpc) is 2.55. The Morgan fingerprint density at radius 1 is 1.21 bits per heavy atom. The minimum absolute atomic E-state index is 0.156. The molecule has 0 aliphatic carbocycles. The van der Waals surface area contributed by atoms with Crippen LogP contribution in [-0.2, 0) is 20.5 Å². The predicted octanol–water partition coefficient (Wildman–Crippen LogP) is 1.08. The number of ether oxygens (including phenoxy) is 1. The molecule has 8 nitrogen and oxygen atoms in total. The summed E-state index contributed by atoms with van der Waals surface area (Å²) >= 11 is 0. The van der Waals surface area contributed by atoms with Crippen LogP contribution in [0.25, 0.3) is 0 Å². The fraction of sp³-hybridized carbons (Fsp3) is 0.600. The van der Waals surface area contributed by atoms with Crippen molar-refractivity contribution >= 4 is 15.7 Å². The summed E-state index contributed by atoms with van der Waals surface area (Å²) in [4.78, 5) is 12.6. The van der Waals surface area contributed by atoms with Crippen molar-refractivity contribution in [3.8, 4) is 0 Å². The van der Waals surface area contributed by atoms with Crippen molar-refractivity contribution in [2.45, 2.75) is 12.7 Å². The molecule has 0 N–H and O–H groups in total. The third-order valence-corrected chi connectivity index (χ3v) is 5.83. The van der Waals surface area contributed by atoms with Gasteiger partial charge in [0.1, 0.15) is 0 Å². The summed E-state index contributed by atoms with van der Waals surface area (Å²) in [5.74, 6) is -0.344. The second-order valence-corrected chi connectivity index (χ2v) is 7.55. The van der Waals surface area contributed by atoms with Gasteiger partial charge in [0.15, 0.2) is 0 Å². The molecule has 1 heterocycles. The zero-order valence-electron chi connectivity index (χ0n) is 13.8. The lowest BCUT2D eigenvalue weighted by atomic mass is 10.2. The fourth-order valence-electron chi connectivity index (χ4n) is 2.67. The van der Waals surface area contributed by atoms with E-state index in [1.807, 2.05) is 6.92 Å². The Morgan fingerprint density at radius 3 is 2.50 bits per heavy atom. The Kier molecular flexibility index (Phi) is 6.67. The molecule has 0 radical (unpaired) electrons. The van der Waals surface area contributed by atoms with Crippen LogP contribution in [0.1, 0.15) is 12.5 Å². The molecule has 0 atom stereocenters. The Bertz CT molecular complexity index is 657. The van der Waals surface area contributed by atoms with Gasteiger partial charge in [0.05, 0.1) is 17.3 Å². The van der Waals surface area contributed by atoms with E-state index < -0.39 is 14.9 Å². The van der Waals surface area contributed by atoms with Crippen LogP contribution in [0.3, 0.4) is 0 Å². The number of nitrogens with zero attached hydrogens (tertiary/aromatic N) is 3. The molecule has 1 aromatic rings. The third-order valence-electron chi connectivity index (χ3n) is 4.01. The summed E-state index contributed by atoms with van der Waals surface area (Å²) in [6.45, 7) is 6.11. The van der Waals surface area contributed by atoms with Crippen LogP contribution in [0.4, 0.5) is 5.69 Å². The Hall–Kier alpha value is -1.55. The first-order valence-corrected chi connectivity index (χ1v) is 9.55. The molecular weight excluding hydrogens is 334 g/mol. The molecule has 1 aliphatic heterocycles. The monoisotopic (exact) mass is 357 g/mol. The Morgan fingerprint density at radius 2 is 1.88 bits per heavy atom. The molecule has 24 heavy (non-hydrogen) atoms. The summed E-state index contributed by atoms with van der Waals surface area (Å²) in [6, 6.07) is 5.97. The second kappa shape index (κ2) is 8.52. The molecule has 0 bridgehead atoms. The lowest BCUT2D eigenvalue weighted by Gasteiger charge is -2.33. The van der Waals surface area contributed by atoms with Crippen molar-refractivity contribution in [3.63, 3.8) is 0 Å². The maximum absolute atomic E-state index is 12.6. The molecule has 9 heteroatoms. The highest BCUT2D eigenvalue weighted by Gasteiger charge is 2.29. The van der Waals surface area contributed by atoms with Gasteiger partial charge in [0, 0.05) is 51.0 Å². The average molecular weight is 357 g/mol. The van der Waals surface area contributed by atoms with Gasteiger partial charge in [-0.1, -0.05) is 18.2 Å². The number of nitro benzene ring substituents is 1. The van der Waals surface area contributed by atoms with Crippen LogP contribution < -0.4 is 0 Å². The molecule has 0 unspecified atom stereocenters. The van der Waals surface area contributed by atoms with Gasteiger partial charge < -0.3 is 4.74 Å². The summed E-state index contributed by atoms with van der Waals surface area (Å²) < 4.78 is 31.8. The van der Waals surface area contributed by atoms with Crippen molar-refractivity contribution in [2.24, 2.45) is 0 Å². The molecular formula is C15H23N3O5S. The van der Waals surface area contributed by atoms with Gasteiger partial charge in [-0.2, -0.15) is 4.31 Å². The lowest BCUT2D eigenvalue weighted by Crippen LogP contribution is -2.49. The maximum atomic E-state index is 12.6. The van der Waals surface area contributed by atoms with Gasteiger partial charge in [-0.3, -0.25) is 15.0 Å². The van der Waals surface area contributed by atoms with Crippen molar-refractivity contribution in [2.75, 3.05) is 45.9 Å². The summed E-state index contributed by atoms with van der Waals surface area (Å²) in [5.41, 5.74) is 0.0673. The first-order chi connectivity index (χ1) is 11.4. The van der Waals surface area contributed by atoms with Crippen molar-refractivity contribution in [1.82, 2.24) is 9.21 Å². The van der Waals surface area contributed by atoms with Crippen LogP contribution >= 0.6 is 0 Å². The maximum Gasteiger partial charge on any atom is 0.273 e. The summed E-state index contributed by atoms with van der Waals surface area (Å²) in [7, 11) is -3.57. The van der Waals surface area contributed by atoms with Crippen LogP contribution in [0.15, 0.2) is 24.3 Å². The number of hydrogen-bond donors (Lipinski definition) is 0. The minimum Gasteiger partial charge on any atom is -0.380 e. The van der Waals surface area contributed by atoms with Gasteiger partial charge in [-0.15, -0.1) is 0 Å².